The molecular formula is C19H21F3N2O. The standard InChI is InChI=1S/C19H21F3N2O/c1-24(2)13-16-8-4-3-7-15(16)12-23-18(25)11-14-6-5-9-17(10-14)19(20,21)22/h3-10H,11-13H2,1-2H3,(H,23,25). The Morgan fingerprint density at radius 2 is 1.72 bits per heavy atom. The van der Waals surface area contributed by atoms with Crippen LogP contribution in [0.4, 0.5) is 13.2 Å². The lowest BCUT2D eigenvalue weighted by Gasteiger charge is -2.15. The SMILES string of the molecule is CN(C)Cc1ccccc1CNC(=O)Cc1cccc(C(F)(F)F)c1. The Bertz CT molecular complexity index is 727. The fourth-order valence-electron chi connectivity index (χ4n) is 2.52. The molecular weight excluding hydrogens is 329 g/mol. The molecule has 1 N–H and O–H groups in total. The minimum Gasteiger partial charge on any atom is -0.352 e. The summed E-state index contributed by atoms with van der Waals surface area (Å²) >= 11 is 0. The van der Waals surface area contributed by atoms with E-state index in [1.54, 1.807) is 0 Å². The van der Waals surface area contributed by atoms with Gasteiger partial charge in [0.2, 0.25) is 5.91 Å². The van der Waals surface area contributed by atoms with Crippen LogP contribution in [0.2, 0.25) is 0 Å². The summed E-state index contributed by atoms with van der Waals surface area (Å²) < 4.78 is 38.2. The summed E-state index contributed by atoms with van der Waals surface area (Å²) in [5, 5.41) is 2.78. The number of carbonyl (C=O) groups is 1. The smallest absolute Gasteiger partial charge is 0.352 e. The van der Waals surface area contributed by atoms with Gasteiger partial charge in [-0.05, 0) is 36.9 Å². The number of hydrogen-bond acceptors (Lipinski definition) is 2. The van der Waals surface area contributed by atoms with Gasteiger partial charge < -0.3 is 10.2 Å². The summed E-state index contributed by atoms with van der Waals surface area (Å²) in [6.45, 7) is 1.10. The van der Waals surface area contributed by atoms with Gasteiger partial charge in [0.25, 0.3) is 0 Å². The first-order valence-electron chi connectivity index (χ1n) is 7.90. The topological polar surface area (TPSA) is 32.3 Å². The van der Waals surface area contributed by atoms with E-state index in [0.29, 0.717) is 12.1 Å². The van der Waals surface area contributed by atoms with E-state index in [0.717, 1.165) is 29.8 Å². The van der Waals surface area contributed by atoms with Crippen LogP contribution in [-0.4, -0.2) is 24.9 Å². The Kier molecular flexibility index (Phi) is 6.20. The van der Waals surface area contributed by atoms with Crippen LogP contribution >= 0.6 is 0 Å². The van der Waals surface area contributed by atoms with Crippen LogP contribution in [0.3, 0.4) is 0 Å². The summed E-state index contributed by atoms with van der Waals surface area (Å²) in [5.74, 6) is -0.306. The predicted molar refractivity (Wildman–Crippen MR) is 90.8 cm³/mol. The van der Waals surface area contributed by atoms with E-state index in [1.165, 1.54) is 12.1 Å². The zero-order chi connectivity index (χ0) is 18.4. The largest absolute Gasteiger partial charge is 0.416 e. The van der Waals surface area contributed by atoms with Gasteiger partial charge in [0.1, 0.15) is 0 Å². The molecule has 0 atom stereocenters. The van der Waals surface area contributed by atoms with Gasteiger partial charge in [-0.15, -0.1) is 0 Å². The second-order valence-electron chi connectivity index (χ2n) is 6.16. The summed E-state index contributed by atoms with van der Waals surface area (Å²) in [6.07, 6.45) is -4.49. The van der Waals surface area contributed by atoms with Crippen LogP contribution in [0, 0.1) is 0 Å². The lowest BCUT2D eigenvalue weighted by Crippen LogP contribution is -2.25. The molecule has 6 heteroatoms. The number of nitrogens with one attached hydrogen (secondary N) is 1. The summed E-state index contributed by atoms with van der Waals surface area (Å²) in [4.78, 5) is 14.1. The Labute approximate surface area is 145 Å². The predicted octanol–water partition coefficient (Wildman–Crippen LogP) is 3.63. The molecule has 0 saturated carbocycles. The Hall–Kier alpha value is -2.34. The molecule has 0 radical (unpaired) electrons. The number of alkyl halides is 3. The highest BCUT2D eigenvalue weighted by molar-refractivity contribution is 5.78. The molecule has 0 saturated heterocycles. The first-order chi connectivity index (χ1) is 11.8. The van der Waals surface area contributed by atoms with Crippen molar-refractivity contribution < 1.29 is 18.0 Å². The van der Waals surface area contributed by atoms with E-state index < -0.39 is 11.7 Å². The van der Waals surface area contributed by atoms with Crippen LogP contribution in [-0.2, 0) is 30.5 Å². The molecule has 0 heterocycles. The fraction of sp³-hybridized carbons (Fsp3) is 0.316. The van der Waals surface area contributed by atoms with Gasteiger partial charge in [-0.1, -0.05) is 42.5 Å². The first kappa shape index (κ1) is 19.0. The van der Waals surface area contributed by atoms with Crippen molar-refractivity contribution in [3.63, 3.8) is 0 Å². The Balaban J connectivity index is 1.98. The highest BCUT2D eigenvalue weighted by Crippen LogP contribution is 2.29. The molecule has 2 aromatic rings. The van der Waals surface area contributed by atoms with Crippen molar-refractivity contribution in [2.45, 2.75) is 25.7 Å². The van der Waals surface area contributed by atoms with Crippen molar-refractivity contribution in [1.82, 2.24) is 10.2 Å². The molecule has 0 aromatic heterocycles. The number of nitrogens with zero attached hydrogens (tertiary/aromatic N) is 1. The average molecular weight is 350 g/mol. The number of hydrogen-bond donors (Lipinski definition) is 1. The Morgan fingerprint density at radius 3 is 2.36 bits per heavy atom. The summed E-state index contributed by atoms with van der Waals surface area (Å²) in [6, 6.07) is 12.6. The van der Waals surface area contributed by atoms with Gasteiger partial charge in [0.15, 0.2) is 0 Å². The van der Waals surface area contributed by atoms with E-state index in [-0.39, 0.29) is 12.3 Å². The van der Waals surface area contributed by atoms with E-state index in [4.69, 9.17) is 0 Å². The van der Waals surface area contributed by atoms with Gasteiger partial charge in [-0.2, -0.15) is 13.2 Å². The van der Waals surface area contributed by atoms with Crippen molar-refractivity contribution in [3.8, 4) is 0 Å². The third-order valence-electron chi connectivity index (χ3n) is 3.70. The van der Waals surface area contributed by atoms with Crippen molar-refractivity contribution in [3.05, 3.63) is 70.8 Å². The third-order valence-corrected chi connectivity index (χ3v) is 3.70. The fourth-order valence-corrected chi connectivity index (χ4v) is 2.52. The monoisotopic (exact) mass is 350 g/mol. The van der Waals surface area contributed by atoms with Crippen LogP contribution < -0.4 is 5.32 Å². The zero-order valence-corrected chi connectivity index (χ0v) is 14.2. The lowest BCUT2D eigenvalue weighted by molar-refractivity contribution is -0.137. The molecule has 0 bridgehead atoms. The summed E-state index contributed by atoms with van der Waals surface area (Å²) in [5.41, 5.74) is 1.70. The van der Waals surface area contributed by atoms with Crippen LogP contribution in [0.1, 0.15) is 22.3 Å². The third kappa shape index (κ3) is 5.90. The number of halogens is 3. The Morgan fingerprint density at radius 1 is 1.04 bits per heavy atom. The molecule has 0 aliphatic rings. The second kappa shape index (κ2) is 8.16. The van der Waals surface area contributed by atoms with Gasteiger partial charge in [0, 0.05) is 13.1 Å². The van der Waals surface area contributed by atoms with Gasteiger partial charge in [0.05, 0.1) is 12.0 Å². The van der Waals surface area contributed by atoms with Gasteiger partial charge in [-0.25, -0.2) is 0 Å². The molecule has 1 amide bonds. The molecule has 0 fully saturated rings. The van der Waals surface area contributed by atoms with E-state index in [9.17, 15) is 18.0 Å². The number of benzene rings is 2. The number of rotatable bonds is 6. The van der Waals surface area contributed by atoms with E-state index in [1.807, 2.05) is 43.3 Å². The first-order valence-corrected chi connectivity index (χ1v) is 7.90. The maximum Gasteiger partial charge on any atom is 0.416 e. The summed E-state index contributed by atoms with van der Waals surface area (Å²) in [7, 11) is 3.92. The van der Waals surface area contributed by atoms with Crippen molar-refractivity contribution in [2.24, 2.45) is 0 Å². The minimum absolute atomic E-state index is 0.0836. The molecule has 2 aromatic carbocycles. The van der Waals surface area contributed by atoms with Crippen LogP contribution in [0.15, 0.2) is 48.5 Å². The van der Waals surface area contributed by atoms with E-state index in [2.05, 4.69) is 5.32 Å². The molecule has 0 aliphatic heterocycles. The highest BCUT2D eigenvalue weighted by Gasteiger charge is 2.30. The normalized spacial score (nSPS) is 11.6. The molecule has 134 valence electrons. The molecule has 25 heavy (non-hydrogen) atoms. The quantitative estimate of drug-likeness (QED) is 0.863. The molecule has 0 aliphatic carbocycles. The minimum atomic E-state index is -4.41. The van der Waals surface area contributed by atoms with Crippen LogP contribution in [0.5, 0.6) is 0 Å². The molecule has 2 rings (SSSR count). The maximum absolute atomic E-state index is 12.7. The van der Waals surface area contributed by atoms with Crippen molar-refractivity contribution in [2.75, 3.05) is 14.1 Å². The number of carbonyl (C=O) groups excluding carboxylic acids is 1. The van der Waals surface area contributed by atoms with E-state index >= 15 is 0 Å². The van der Waals surface area contributed by atoms with Crippen molar-refractivity contribution in [1.29, 1.82) is 0 Å². The average Bonchev–Trinajstić information content (AvgIpc) is 2.53. The van der Waals surface area contributed by atoms with Gasteiger partial charge >= 0.3 is 6.18 Å². The van der Waals surface area contributed by atoms with Crippen LogP contribution in [0.25, 0.3) is 0 Å². The lowest BCUT2D eigenvalue weighted by atomic mass is 10.1. The highest BCUT2D eigenvalue weighted by atomic mass is 19.4. The second-order valence-corrected chi connectivity index (χ2v) is 6.16. The zero-order valence-electron chi connectivity index (χ0n) is 14.2. The van der Waals surface area contributed by atoms with Gasteiger partial charge in [-0.3, -0.25) is 4.79 Å². The van der Waals surface area contributed by atoms with Crippen molar-refractivity contribution >= 4 is 5.91 Å². The number of amides is 1. The molecule has 0 unspecified atom stereocenters. The maximum atomic E-state index is 12.7. The molecule has 3 nitrogen and oxygen atoms in total. The molecule has 0 spiro atoms.